The predicted octanol–water partition coefficient (Wildman–Crippen LogP) is 3.28. The molecular weight excluding hydrogens is 472 g/mol. The van der Waals surface area contributed by atoms with Crippen molar-refractivity contribution in [3.63, 3.8) is 0 Å². The Morgan fingerprint density at radius 1 is 0.971 bits per heavy atom. The highest BCUT2D eigenvalue weighted by Gasteiger charge is 2.55. The van der Waals surface area contributed by atoms with E-state index in [2.05, 4.69) is 10.9 Å². The molecule has 184 valence electrons. The number of ether oxygens (including phenoxy) is 1. The monoisotopic (exact) mass is 498 g/mol. The molecule has 1 heterocycles. The van der Waals surface area contributed by atoms with Crippen molar-refractivity contribution in [2.45, 2.75) is 44.2 Å². The van der Waals surface area contributed by atoms with Crippen LogP contribution in [0.25, 0.3) is 0 Å². The van der Waals surface area contributed by atoms with Crippen LogP contribution in [0.4, 0.5) is 4.79 Å². The molecule has 0 unspecified atom stereocenters. The van der Waals surface area contributed by atoms with E-state index in [1.807, 2.05) is 0 Å². The van der Waals surface area contributed by atoms with Crippen LogP contribution in [0, 0.1) is 0 Å². The van der Waals surface area contributed by atoms with Crippen molar-refractivity contribution in [2.24, 2.45) is 0 Å². The van der Waals surface area contributed by atoms with Crippen LogP contribution in [0.15, 0.2) is 48.5 Å². The molecule has 0 aromatic heterocycles. The predicted molar refractivity (Wildman–Crippen MR) is 129 cm³/mol. The third-order valence-corrected chi connectivity index (χ3v) is 6.79. The standard InChI is InChI=1S/C25H27ClN4O5/c1-29-24(34)30(23(33)25(29)13-3-2-4-14-25)15-21(31)27-28-22(32)18-7-5-17(6-8-18)16-35-20-11-9-19(26)10-12-20/h5-12H,2-4,13-16H2,1H3,(H,27,31)(H,28,32). The van der Waals surface area contributed by atoms with Gasteiger partial charge in [-0.05, 0) is 54.8 Å². The maximum atomic E-state index is 13.0. The number of benzene rings is 2. The number of hydrogen-bond donors (Lipinski definition) is 2. The lowest BCUT2D eigenvalue weighted by Gasteiger charge is -2.35. The van der Waals surface area contributed by atoms with Crippen molar-refractivity contribution in [3.05, 3.63) is 64.7 Å². The van der Waals surface area contributed by atoms with Gasteiger partial charge in [0.05, 0.1) is 0 Å². The maximum Gasteiger partial charge on any atom is 0.327 e. The number of likely N-dealkylation sites (N-methyl/N-ethyl adjacent to an activating group) is 1. The number of nitrogens with zero attached hydrogens (tertiary/aromatic N) is 2. The number of carbonyl (C=O) groups excluding carboxylic acids is 4. The second kappa shape index (κ2) is 10.4. The van der Waals surface area contributed by atoms with Crippen molar-refractivity contribution < 1.29 is 23.9 Å². The topological polar surface area (TPSA) is 108 Å². The van der Waals surface area contributed by atoms with Crippen molar-refractivity contribution in [3.8, 4) is 5.75 Å². The first-order chi connectivity index (χ1) is 16.8. The van der Waals surface area contributed by atoms with Crippen molar-refractivity contribution >= 4 is 35.4 Å². The van der Waals surface area contributed by atoms with Crippen molar-refractivity contribution in [1.29, 1.82) is 0 Å². The fraction of sp³-hybridized carbons (Fsp3) is 0.360. The molecule has 5 amide bonds. The van der Waals surface area contributed by atoms with Gasteiger partial charge >= 0.3 is 6.03 Å². The summed E-state index contributed by atoms with van der Waals surface area (Å²) in [4.78, 5) is 52.8. The van der Waals surface area contributed by atoms with Gasteiger partial charge in [0.15, 0.2) is 0 Å². The molecule has 2 fully saturated rings. The number of carbonyl (C=O) groups is 4. The fourth-order valence-corrected chi connectivity index (χ4v) is 4.63. The van der Waals surface area contributed by atoms with Gasteiger partial charge in [-0.2, -0.15) is 0 Å². The molecule has 4 rings (SSSR count). The summed E-state index contributed by atoms with van der Waals surface area (Å²) in [5, 5.41) is 0.624. The summed E-state index contributed by atoms with van der Waals surface area (Å²) in [6, 6.07) is 13.2. The highest BCUT2D eigenvalue weighted by molar-refractivity contribution is 6.30. The summed E-state index contributed by atoms with van der Waals surface area (Å²) in [6.07, 6.45) is 3.96. The molecule has 35 heavy (non-hydrogen) atoms. The second-order valence-corrected chi connectivity index (χ2v) is 9.20. The SMILES string of the molecule is CN1C(=O)N(CC(=O)NNC(=O)c2ccc(COc3ccc(Cl)cc3)cc2)C(=O)C12CCCCC2. The highest BCUT2D eigenvalue weighted by Crippen LogP contribution is 2.39. The summed E-state index contributed by atoms with van der Waals surface area (Å²) >= 11 is 5.86. The number of amides is 5. The van der Waals surface area contributed by atoms with Crippen LogP contribution in [0.5, 0.6) is 5.75 Å². The minimum absolute atomic E-state index is 0.314. The molecule has 2 N–H and O–H groups in total. The van der Waals surface area contributed by atoms with Crippen LogP contribution in [-0.4, -0.2) is 52.7 Å². The Morgan fingerprint density at radius 2 is 1.63 bits per heavy atom. The van der Waals surface area contributed by atoms with Crippen LogP contribution >= 0.6 is 11.6 Å². The Labute approximate surface area is 208 Å². The van der Waals surface area contributed by atoms with E-state index in [1.54, 1.807) is 55.6 Å². The van der Waals surface area contributed by atoms with E-state index in [4.69, 9.17) is 16.3 Å². The normalized spacial score (nSPS) is 17.0. The van der Waals surface area contributed by atoms with Crippen LogP contribution in [0.1, 0.15) is 48.0 Å². The Kier molecular flexibility index (Phi) is 7.25. The fourth-order valence-electron chi connectivity index (χ4n) is 4.50. The molecule has 9 nitrogen and oxygen atoms in total. The number of rotatable bonds is 6. The lowest BCUT2D eigenvalue weighted by molar-refractivity contribution is -0.137. The van der Waals surface area contributed by atoms with Gasteiger partial charge in [-0.1, -0.05) is 43.0 Å². The first-order valence-electron chi connectivity index (χ1n) is 11.5. The van der Waals surface area contributed by atoms with Gasteiger partial charge in [-0.3, -0.25) is 30.1 Å². The smallest absolute Gasteiger partial charge is 0.327 e. The van der Waals surface area contributed by atoms with Crippen LogP contribution in [0.2, 0.25) is 5.02 Å². The molecule has 0 radical (unpaired) electrons. The average molecular weight is 499 g/mol. The minimum Gasteiger partial charge on any atom is -0.489 e. The third kappa shape index (κ3) is 5.24. The number of hydrogen-bond acceptors (Lipinski definition) is 5. The lowest BCUT2D eigenvalue weighted by Crippen LogP contribution is -2.50. The highest BCUT2D eigenvalue weighted by atomic mass is 35.5. The van der Waals surface area contributed by atoms with Gasteiger partial charge in [-0.15, -0.1) is 0 Å². The molecular formula is C25H27ClN4O5. The number of urea groups is 1. The summed E-state index contributed by atoms with van der Waals surface area (Å²) in [5.41, 5.74) is 4.94. The van der Waals surface area contributed by atoms with Gasteiger partial charge < -0.3 is 9.64 Å². The van der Waals surface area contributed by atoms with Gasteiger partial charge in [0.1, 0.15) is 24.4 Å². The zero-order valence-electron chi connectivity index (χ0n) is 19.4. The first kappa shape index (κ1) is 24.5. The van der Waals surface area contributed by atoms with Gasteiger partial charge in [0.25, 0.3) is 17.7 Å². The van der Waals surface area contributed by atoms with Crippen LogP contribution in [0.3, 0.4) is 0 Å². The van der Waals surface area contributed by atoms with E-state index in [1.165, 1.54) is 4.90 Å². The summed E-state index contributed by atoms with van der Waals surface area (Å²) < 4.78 is 5.68. The van der Waals surface area contributed by atoms with E-state index in [0.29, 0.717) is 35.8 Å². The molecule has 2 aliphatic rings. The quantitative estimate of drug-likeness (QED) is 0.469. The largest absolute Gasteiger partial charge is 0.489 e. The van der Waals surface area contributed by atoms with E-state index in [-0.39, 0.29) is 5.91 Å². The summed E-state index contributed by atoms with van der Waals surface area (Å²) in [7, 11) is 1.61. The van der Waals surface area contributed by atoms with Crippen LogP contribution in [-0.2, 0) is 16.2 Å². The lowest BCUT2D eigenvalue weighted by atomic mass is 9.81. The summed E-state index contributed by atoms with van der Waals surface area (Å²) in [6.45, 7) is -0.140. The molecule has 2 aromatic rings. The van der Waals surface area contributed by atoms with E-state index in [0.717, 1.165) is 29.7 Å². The Balaban J connectivity index is 1.26. The Hall–Kier alpha value is -3.59. The van der Waals surface area contributed by atoms with E-state index < -0.39 is 29.9 Å². The molecule has 1 spiro atoms. The van der Waals surface area contributed by atoms with Gasteiger partial charge in [-0.25, -0.2) is 4.79 Å². The second-order valence-electron chi connectivity index (χ2n) is 8.77. The van der Waals surface area contributed by atoms with E-state index in [9.17, 15) is 19.2 Å². The molecule has 0 atom stereocenters. The number of hydrazine groups is 1. The zero-order chi connectivity index (χ0) is 25.0. The van der Waals surface area contributed by atoms with Gasteiger partial charge in [0, 0.05) is 17.6 Å². The number of nitrogens with one attached hydrogen (secondary N) is 2. The number of imide groups is 1. The molecule has 1 aliphatic carbocycles. The van der Waals surface area contributed by atoms with Crippen LogP contribution < -0.4 is 15.6 Å². The molecule has 10 heteroatoms. The average Bonchev–Trinajstić information content (AvgIpc) is 3.04. The van der Waals surface area contributed by atoms with E-state index >= 15 is 0 Å². The summed E-state index contributed by atoms with van der Waals surface area (Å²) in [5.74, 6) is -0.852. The van der Waals surface area contributed by atoms with Crippen molar-refractivity contribution in [2.75, 3.05) is 13.6 Å². The maximum absolute atomic E-state index is 13.0. The molecule has 0 bridgehead atoms. The minimum atomic E-state index is -0.849. The number of halogens is 1. The first-order valence-corrected chi connectivity index (χ1v) is 11.8. The van der Waals surface area contributed by atoms with Gasteiger partial charge in [0.2, 0.25) is 0 Å². The third-order valence-electron chi connectivity index (χ3n) is 6.54. The molecule has 1 saturated carbocycles. The Bertz CT molecular complexity index is 1110. The molecule has 1 aliphatic heterocycles. The molecule has 2 aromatic carbocycles. The zero-order valence-corrected chi connectivity index (χ0v) is 20.1. The van der Waals surface area contributed by atoms with Crippen molar-refractivity contribution in [1.82, 2.24) is 20.7 Å². The molecule has 1 saturated heterocycles. The Morgan fingerprint density at radius 3 is 2.29 bits per heavy atom.